The van der Waals surface area contributed by atoms with E-state index in [1.807, 2.05) is 12.1 Å². The van der Waals surface area contributed by atoms with Crippen LogP contribution < -0.4 is 0 Å². The third kappa shape index (κ3) is 2.62. The lowest BCUT2D eigenvalue weighted by molar-refractivity contribution is -0.387. The SMILES string of the molecule is C[C@@H](O)c1cc([N+](=O)[O-])c(Sc2nnc3ccccn23)s1. The molecule has 3 aromatic rings. The molecule has 3 heterocycles. The van der Waals surface area contributed by atoms with Gasteiger partial charge in [-0.3, -0.25) is 14.5 Å². The van der Waals surface area contributed by atoms with E-state index in [0.717, 1.165) is 0 Å². The number of aromatic nitrogens is 3. The van der Waals surface area contributed by atoms with Gasteiger partial charge in [-0.15, -0.1) is 21.5 Å². The molecule has 0 aliphatic rings. The molecule has 0 fully saturated rings. The third-order valence-electron chi connectivity index (χ3n) is 2.77. The van der Waals surface area contributed by atoms with Crippen molar-refractivity contribution in [3.05, 3.63) is 45.5 Å². The van der Waals surface area contributed by atoms with Gasteiger partial charge in [0.2, 0.25) is 5.16 Å². The van der Waals surface area contributed by atoms with Crippen LogP contribution in [0.3, 0.4) is 0 Å². The Morgan fingerprint density at radius 3 is 3.00 bits per heavy atom. The first-order valence-electron chi connectivity index (χ1n) is 6.00. The van der Waals surface area contributed by atoms with Crippen LogP contribution in [0.15, 0.2) is 39.8 Å². The van der Waals surface area contributed by atoms with Crippen molar-refractivity contribution in [3.63, 3.8) is 0 Å². The highest BCUT2D eigenvalue weighted by Crippen LogP contribution is 2.42. The molecular weight excluding hydrogens is 312 g/mol. The summed E-state index contributed by atoms with van der Waals surface area (Å²) in [4.78, 5) is 11.2. The lowest BCUT2D eigenvalue weighted by Gasteiger charge is -1.97. The molecule has 3 aromatic heterocycles. The van der Waals surface area contributed by atoms with Crippen molar-refractivity contribution in [2.75, 3.05) is 0 Å². The van der Waals surface area contributed by atoms with Crippen LogP contribution in [-0.2, 0) is 0 Å². The average Bonchev–Trinajstić information content (AvgIpc) is 3.04. The van der Waals surface area contributed by atoms with Gasteiger partial charge in [0.1, 0.15) is 4.21 Å². The summed E-state index contributed by atoms with van der Waals surface area (Å²) in [5.74, 6) is 0. The molecule has 0 aliphatic heterocycles. The molecule has 0 saturated heterocycles. The van der Waals surface area contributed by atoms with Crippen molar-refractivity contribution in [3.8, 4) is 0 Å². The average molecular weight is 322 g/mol. The van der Waals surface area contributed by atoms with Gasteiger partial charge in [0.05, 0.1) is 11.0 Å². The van der Waals surface area contributed by atoms with Crippen LogP contribution in [0.1, 0.15) is 17.9 Å². The summed E-state index contributed by atoms with van der Waals surface area (Å²) in [6, 6.07) is 6.89. The Labute approximate surface area is 127 Å². The van der Waals surface area contributed by atoms with Crippen LogP contribution in [0, 0.1) is 10.1 Å². The van der Waals surface area contributed by atoms with E-state index in [2.05, 4.69) is 10.2 Å². The van der Waals surface area contributed by atoms with Gasteiger partial charge in [-0.1, -0.05) is 6.07 Å². The molecule has 21 heavy (non-hydrogen) atoms. The molecule has 0 radical (unpaired) electrons. The lowest BCUT2D eigenvalue weighted by Crippen LogP contribution is -1.89. The fourth-order valence-corrected chi connectivity index (χ4v) is 3.97. The second kappa shape index (κ2) is 5.43. The standard InChI is InChI=1S/C12H10N4O3S2/c1-7(17)9-6-8(16(18)19)11(20-9)21-12-14-13-10-4-2-3-5-15(10)12/h2-7,17H,1H3/t7-/m1/s1. The largest absolute Gasteiger partial charge is 0.388 e. The van der Waals surface area contributed by atoms with E-state index in [4.69, 9.17) is 0 Å². The van der Waals surface area contributed by atoms with Crippen LogP contribution in [0.4, 0.5) is 5.69 Å². The second-order valence-electron chi connectivity index (χ2n) is 4.27. The Morgan fingerprint density at radius 2 is 2.29 bits per heavy atom. The predicted octanol–water partition coefficient (Wildman–Crippen LogP) is 2.90. The molecule has 7 nitrogen and oxygen atoms in total. The fourth-order valence-electron chi connectivity index (χ4n) is 1.76. The van der Waals surface area contributed by atoms with E-state index >= 15 is 0 Å². The topological polar surface area (TPSA) is 93.6 Å². The minimum atomic E-state index is -0.738. The number of fused-ring (bicyclic) bond motifs is 1. The summed E-state index contributed by atoms with van der Waals surface area (Å²) >= 11 is 2.36. The number of nitro groups is 1. The molecule has 0 saturated carbocycles. The summed E-state index contributed by atoms with van der Waals surface area (Å²) in [5.41, 5.74) is 0.656. The summed E-state index contributed by atoms with van der Waals surface area (Å²) in [6.07, 6.45) is 1.06. The van der Waals surface area contributed by atoms with Gasteiger partial charge in [0.15, 0.2) is 5.65 Å². The number of hydrogen-bond acceptors (Lipinski definition) is 7. The van der Waals surface area contributed by atoms with Crippen LogP contribution in [-0.4, -0.2) is 24.6 Å². The maximum atomic E-state index is 11.1. The Bertz CT molecular complexity index is 812. The van der Waals surface area contributed by atoms with Crippen molar-refractivity contribution in [1.82, 2.24) is 14.6 Å². The van der Waals surface area contributed by atoms with Crippen molar-refractivity contribution in [1.29, 1.82) is 0 Å². The molecule has 0 aliphatic carbocycles. The summed E-state index contributed by atoms with van der Waals surface area (Å²) < 4.78 is 2.24. The zero-order chi connectivity index (χ0) is 15.0. The second-order valence-corrected chi connectivity index (χ2v) is 6.59. The molecule has 108 valence electrons. The number of thiophene rings is 1. The first-order valence-corrected chi connectivity index (χ1v) is 7.63. The van der Waals surface area contributed by atoms with Crippen LogP contribution in [0.2, 0.25) is 0 Å². The highest BCUT2D eigenvalue weighted by molar-refractivity contribution is 8.01. The van der Waals surface area contributed by atoms with E-state index in [9.17, 15) is 15.2 Å². The Hall–Kier alpha value is -1.97. The molecule has 0 aromatic carbocycles. The maximum Gasteiger partial charge on any atom is 0.294 e. The van der Waals surface area contributed by atoms with E-state index < -0.39 is 11.0 Å². The maximum absolute atomic E-state index is 11.1. The van der Waals surface area contributed by atoms with Crippen LogP contribution >= 0.6 is 23.1 Å². The van der Waals surface area contributed by atoms with Crippen LogP contribution in [0.25, 0.3) is 5.65 Å². The highest BCUT2D eigenvalue weighted by Gasteiger charge is 2.23. The summed E-state index contributed by atoms with van der Waals surface area (Å²) in [7, 11) is 0. The Morgan fingerprint density at radius 1 is 1.48 bits per heavy atom. The Balaban J connectivity index is 2.03. The van der Waals surface area contributed by atoms with Crippen molar-refractivity contribution in [2.45, 2.75) is 22.4 Å². The first-order chi connectivity index (χ1) is 10.1. The summed E-state index contributed by atoms with van der Waals surface area (Å²) in [6.45, 7) is 1.58. The monoisotopic (exact) mass is 322 g/mol. The number of aliphatic hydroxyl groups excluding tert-OH is 1. The van der Waals surface area contributed by atoms with Crippen molar-refractivity contribution >= 4 is 34.4 Å². The molecule has 1 N–H and O–H groups in total. The zero-order valence-corrected chi connectivity index (χ0v) is 12.5. The minimum absolute atomic E-state index is 0.0198. The number of aliphatic hydroxyl groups is 1. The van der Waals surface area contributed by atoms with Gasteiger partial charge in [0.25, 0.3) is 5.69 Å². The van der Waals surface area contributed by atoms with Gasteiger partial charge < -0.3 is 5.11 Å². The number of pyridine rings is 1. The minimum Gasteiger partial charge on any atom is -0.388 e. The molecule has 0 bridgehead atoms. The smallest absolute Gasteiger partial charge is 0.294 e. The third-order valence-corrected chi connectivity index (χ3v) is 5.22. The van der Waals surface area contributed by atoms with Gasteiger partial charge >= 0.3 is 0 Å². The molecule has 1 atom stereocenters. The molecule has 9 heteroatoms. The van der Waals surface area contributed by atoms with E-state index in [1.54, 1.807) is 23.6 Å². The quantitative estimate of drug-likeness (QED) is 0.586. The van der Waals surface area contributed by atoms with E-state index in [-0.39, 0.29) is 5.69 Å². The van der Waals surface area contributed by atoms with Gasteiger partial charge in [-0.05, 0) is 30.8 Å². The van der Waals surface area contributed by atoms with Crippen LogP contribution in [0.5, 0.6) is 0 Å². The number of rotatable bonds is 4. The number of nitrogens with zero attached hydrogens (tertiary/aromatic N) is 4. The normalized spacial score (nSPS) is 12.7. The fraction of sp³-hybridized carbons (Fsp3) is 0.167. The van der Waals surface area contributed by atoms with Gasteiger partial charge in [-0.2, -0.15) is 0 Å². The van der Waals surface area contributed by atoms with E-state index in [0.29, 0.717) is 19.9 Å². The predicted molar refractivity (Wildman–Crippen MR) is 78.7 cm³/mol. The molecule has 0 amide bonds. The first kappa shape index (κ1) is 14.0. The van der Waals surface area contributed by atoms with Gasteiger partial charge in [0, 0.05) is 17.1 Å². The zero-order valence-electron chi connectivity index (χ0n) is 10.8. The molecule has 0 unspecified atom stereocenters. The Kier molecular flexibility index (Phi) is 3.62. The molecule has 3 rings (SSSR count). The van der Waals surface area contributed by atoms with Gasteiger partial charge in [-0.25, -0.2) is 0 Å². The summed E-state index contributed by atoms with van der Waals surface area (Å²) in [5, 5.41) is 29.3. The van der Waals surface area contributed by atoms with Crippen molar-refractivity contribution in [2.24, 2.45) is 0 Å². The highest BCUT2D eigenvalue weighted by atomic mass is 32.2. The van der Waals surface area contributed by atoms with Crippen molar-refractivity contribution < 1.29 is 10.0 Å². The molecular formula is C12H10N4O3S2. The number of hydrogen-bond donors (Lipinski definition) is 1. The lowest BCUT2D eigenvalue weighted by atomic mass is 10.3. The molecule has 0 spiro atoms. The van der Waals surface area contributed by atoms with E-state index in [1.165, 1.54) is 29.2 Å².